The van der Waals surface area contributed by atoms with Crippen LogP contribution in [0.1, 0.15) is 20.3 Å². The van der Waals surface area contributed by atoms with Gasteiger partial charge in [0.05, 0.1) is 17.2 Å². The molecule has 0 unspecified atom stereocenters. The van der Waals surface area contributed by atoms with Crippen LogP contribution in [0.15, 0.2) is 58.3 Å². The van der Waals surface area contributed by atoms with E-state index in [4.69, 9.17) is 4.74 Å². The Kier molecular flexibility index (Phi) is 6.70. The average molecular weight is 415 g/mol. The van der Waals surface area contributed by atoms with Gasteiger partial charge in [-0.2, -0.15) is 0 Å². The Morgan fingerprint density at radius 1 is 1.39 bits per heavy atom. The monoisotopic (exact) mass is 414 g/mol. The molecule has 0 fully saturated rings. The topological polar surface area (TPSA) is 61.2 Å². The fourth-order valence-corrected chi connectivity index (χ4v) is 4.48. The van der Waals surface area contributed by atoms with Gasteiger partial charge in [-0.15, -0.1) is 17.9 Å². The molecule has 0 amide bonds. The molecule has 7 heteroatoms. The molecule has 0 saturated carbocycles. The number of allylic oxidation sites excluding steroid dienone is 1. The first-order valence-corrected chi connectivity index (χ1v) is 10.9. The van der Waals surface area contributed by atoms with Gasteiger partial charge >= 0.3 is 5.97 Å². The highest BCUT2D eigenvalue weighted by Gasteiger charge is 2.18. The third kappa shape index (κ3) is 4.36. The van der Waals surface area contributed by atoms with Crippen molar-refractivity contribution in [1.29, 1.82) is 0 Å². The fourth-order valence-electron chi connectivity index (χ4n) is 2.70. The molecule has 2 aromatic heterocycles. The number of nitrogens with zero attached hydrogens (tertiary/aromatic N) is 2. The molecule has 0 saturated heterocycles. The van der Waals surface area contributed by atoms with Crippen molar-refractivity contribution >= 4 is 39.3 Å². The molecule has 3 aromatic rings. The van der Waals surface area contributed by atoms with Crippen molar-refractivity contribution in [3.8, 4) is 11.1 Å². The zero-order valence-corrected chi connectivity index (χ0v) is 17.5. The Balaban J connectivity index is 1.98. The molecule has 28 heavy (non-hydrogen) atoms. The third-order valence-corrected chi connectivity index (χ3v) is 6.10. The quantitative estimate of drug-likeness (QED) is 0.230. The SMILES string of the molecule is C=CCn1c(SCC(=O)O[C@H](C)CC)nc2scc(-c3ccccc3)c2c1=O. The Morgan fingerprint density at radius 2 is 2.14 bits per heavy atom. The lowest BCUT2D eigenvalue weighted by Gasteiger charge is -2.12. The standard InChI is InChI=1S/C21H22N2O3S2/c1-4-11-23-20(25)18-16(15-9-7-6-8-10-15)12-27-19(18)22-21(23)28-13-17(24)26-14(3)5-2/h4,6-10,12,14H,1,5,11,13H2,2-3H3/t14-/m1/s1. The number of rotatable bonds is 8. The van der Waals surface area contributed by atoms with E-state index in [0.717, 1.165) is 17.5 Å². The summed E-state index contributed by atoms with van der Waals surface area (Å²) < 4.78 is 6.87. The average Bonchev–Trinajstić information content (AvgIpc) is 3.13. The van der Waals surface area contributed by atoms with E-state index >= 15 is 0 Å². The molecule has 3 rings (SSSR count). The zero-order valence-electron chi connectivity index (χ0n) is 15.9. The maximum atomic E-state index is 13.2. The molecule has 0 bridgehead atoms. The van der Waals surface area contributed by atoms with Crippen molar-refractivity contribution < 1.29 is 9.53 Å². The van der Waals surface area contributed by atoms with Crippen LogP contribution in [0.25, 0.3) is 21.3 Å². The van der Waals surface area contributed by atoms with Crippen LogP contribution in [0.2, 0.25) is 0 Å². The second kappa shape index (κ2) is 9.21. The normalized spacial score (nSPS) is 12.1. The van der Waals surface area contributed by atoms with Gasteiger partial charge in [-0.3, -0.25) is 14.2 Å². The number of carbonyl (C=O) groups excluding carboxylic acids is 1. The molecule has 146 valence electrons. The van der Waals surface area contributed by atoms with Crippen LogP contribution in [0.4, 0.5) is 0 Å². The highest BCUT2D eigenvalue weighted by atomic mass is 32.2. The van der Waals surface area contributed by atoms with E-state index in [9.17, 15) is 9.59 Å². The second-order valence-electron chi connectivity index (χ2n) is 6.29. The summed E-state index contributed by atoms with van der Waals surface area (Å²) in [4.78, 5) is 30.6. The van der Waals surface area contributed by atoms with Crippen molar-refractivity contribution in [3.05, 3.63) is 58.7 Å². The van der Waals surface area contributed by atoms with Crippen LogP contribution in [-0.4, -0.2) is 27.4 Å². The van der Waals surface area contributed by atoms with Gasteiger partial charge in [0.25, 0.3) is 5.56 Å². The summed E-state index contributed by atoms with van der Waals surface area (Å²) in [6.07, 6.45) is 2.30. The lowest BCUT2D eigenvalue weighted by Crippen LogP contribution is -2.23. The smallest absolute Gasteiger partial charge is 0.316 e. The van der Waals surface area contributed by atoms with E-state index in [0.29, 0.717) is 21.9 Å². The molecule has 0 aliphatic heterocycles. The van der Waals surface area contributed by atoms with E-state index in [-0.39, 0.29) is 23.4 Å². The van der Waals surface area contributed by atoms with E-state index in [1.807, 2.05) is 49.6 Å². The first kappa shape index (κ1) is 20.4. The number of hydrogen-bond acceptors (Lipinski definition) is 6. The number of thiophene rings is 1. The Labute approximate surface area is 172 Å². The number of ether oxygens (including phenoxy) is 1. The van der Waals surface area contributed by atoms with Crippen LogP contribution in [0, 0.1) is 0 Å². The van der Waals surface area contributed by atoms with Gasteiger partial charge in [0, 0.05) is 17.5 Å². The molecule has 2 heterocycles. The number of esters is 1. The van der Waals surface area contributed by atoms with Crippen LogP contribution in [0.3, 0.4) is 0 Å². The van der Waals surface area contributed by atoms with Crippen LogP contribution < -0.4 is 5.56 Å². The minimum absolute atomic E-state index is 0.107. The summed E-state index contributed by atoms with van der Waals surface area (Å²) in [5.41, 5.74) is 1.74. The highest BCUT2D eigenvalue weighted by molar-refractivity contribution is 7.99. The van der Waals surface area contributed by atoms with Crippen molar-refractivity contribution in [3.63, 3.8) is 0 Å². The summed E-state index contributed by atoms with van der Waals surface area (Å²) in [5.74, 6) is -0.203. The molecule has 0 radical (unpaired) electrons. The van der Waals surface area contributed by atoms with E-state index in [1.54, 1.807) is 10.6 Å². The summed E-state index contributed by atoms with van der Waals surface area (Å²) in [5, 5.41) is 3.06. The highest BCUT2D eigenvalue weighted by Crippen LogP contribution is 2.32. The number of hydrogen-bond donors (Lipinski definition) is 0. The maximum Gasteiger partial charge on any atom is 0.316 e. The maximum absolute atomic E-state index is 13.2. The molecule has 0 N–H and O–H groups in total. The number of thioether (sulfide) groups is 1. The molecular weight excluding hydrogens is 392 g/mol. The number of fused-ring (bicyclic) bond motifs is 1. The molecule has 1 atom stereocenters. The predicted molar refractivity (Wildman–Crippen MR) is 116 cm³/mol. The van der Waals surface area contributed by atoms with Gasteiger partial charge in [0.15, 0.2) is 5.16 Å². The molecular formula is C21H22N2O3S2. The van der Waals surface area contributed by atoms with Crippen LogP contribution in [0.5, 0.6) is 0 Å². The van der Waals surface area contributed by atoms with Gasteiger partial charge in [0.1, 0.15) is 4.83 Å². The third-order valence-electron chi connectivity index (χ3n) is 4.28. The van der Waals surface area contributed by atoms with Crippen LogP contribution in [-0.2, 0) is 16.1 Å². The summed E-state index contributed by atoms with van der Waals surface area (Å²) >= 11 is 2.65. The summed E-state index contributed by atoms with van der Waals surface area (Å²) in [7, 11) is 0. The number of aromatic nitrogens is 2. The molecule has 5 nitrogen and oxygen atoms in total. The number of carbonyl (C=O) groups is 1. The minimum Gasteiger partial charge on any atom is -0.462 e. The van der Waals surface area contributed by atoms with E-state index in [1.165, 1.54) is 23.1 Å². The van der Waals surface area contributed by atoms with Crippen molar-refractivity contribution in [2.24, 2.45) is 0 Å². The predicted octanol–water partition coefficient (Wildman–Crippen LogP) is 4.74. The number of benzene rings is 1. The fraction of sp³-hybridized carbons (Fsp3) is 0.286. The zero-order chi connectivity index (χ0) is 20.1. The Hall–Kier alpha value is -2.38. The first-order valence-electron chi connectivity index (χ1n) is 9.05. The largest absolute Gasteiger partial charge is 0.462 e. The Bertz CT molecular complexity index is 1040. The molecule has 0 spiro atoms. The van der Waals surface area contributed by atoms with Crippen molar-refractivity contribution in [2.45, 2.75) is 38.1 Å². The van der Waals surface area contributed by atoms with Crippen molar-refractivity contribution in [2.75, 3.05) is 5.75 Å². The van der Waals surface area contributed by atoms with E-state index in [2.05, 4.69) is 11.6 Å². The van der Waals surface area contributed by atoms with Gasteiger partial charge in [-0.05, 0) is 18.9 Å². The van der Waals surface area contributed by atoms with Gasteiger partial charge < -0.3 is 4.74 Å². The summed E-state index contributed by atoms with van der Waals surface area (Å²) in [6.45, 7) is 7.89. The summed E-state index contributed by atoms with van der Waals surface area (Å²) in [6, 6.07) is 9.79. The van der Waals surface area contributed by atoms with Gasteiger partial charge in [-0.25, -0.2) is 4.98 Å². The van der Waals surface area contributed by atoms with Crippen LogP contribution >= 0.6 is 23.1 Å². The van der Waals surface area contributed by atoms with Gasteiger partial charge in [0.2, 0.25) is 0 Å². The minimum atomic E-state index is -0.310. The molecule has 0 aliphatic carbocycles. The van der Waals surface area contributed by atoms with Gasteiger partial charge in [-0.1, -0.05) is 55.1 Å². The molecule has 1 aromatic carbocycles. The van der Waals surface area contributed by atoms with Crippen molar-refractivity contribution in [1.82, 2.24) is 9.55 Å². The van der Waals surface area contributed by atoms with E-state index < -0.39 is 0 Å². The lowest BCUT2D eigenvalue weighted by molar-refractivity contribution is -0.144. The second-order valence-corrected chi connectivity index (χ2v) is 8.09. The lowest BCUT2D eigenvalue weighted by atomic mass is 10.1. The first-order chi connectivity index (χ1) is 13.5. The molecule has 0 aliphatic rings. The Morgan fingerprint density at radius 3 is 2.82 bits per heavy atom.